The van der Waals surface area contributed by atoms with Crippen molar-refractivity contribution in [1.82, 2.24) is 0 Å². The highest BCUT2D eigenvalue weighted by Crippen LogP contribution is 2.27. The van der Waals surface area contributed by atoms with Crippen LogP contribution in [0.4, 0.5) is 11.4 Å². The van der Waals surface area contributed by atoms with Crippen LogP contribution in [0, 0.1) is 10.1 Å². The number of carbonyl (C=O) groups is 1. The van der Waals surface area contributed by atoms with Gasteiger partial charge in [0.1, 0.15) is 5.69 Å². The van der Waals surface area contributed by atoms with Gasteiger partial charge in [-0.15, -0.1) is 0 Å². The van der Waals surface area contributed by atoms with Gasteiger partial charge < -0.3 is 5.32 Å². The van der Waals surface area contributed by atoms with Crippen molar-refractivity contribution >= 4 is 17.2 Å². The molecular formula is C18H20N2O3. The Hall–Kier alpha value is -2.69. The van der Waals surface area contributed by atoms with Gasteiger partial charge in [0.05, 0.1) is 4.92 Å². The lowest BCUT2D eigenvalue weighted by molar-refractivity contribution is -0.384. The molecule has 0 aliphatic heterocycles. The number of carbonyl (C=O) groups excluding carboxylic acids is 1. The summed E-state index contributed by atoms with van der Waals surface area (Å²) in [4.78, 5) is 22.2. The molecule has 1 N–H and O–H groups in total. The van der Waals surface area contributed by atoms with Crippen LogP contribution in [0.5, 0.6) is 0 Å². The minimum atomic E-state index is -0.460. The Morgan fingerprint density at radius 1 is 1.22 bits per heavy atom. The number of ketones is 1. The minimum Gasteiger partial charge on any atom is -0.379 e. The van der Waals surface area contributed by atoms with Crippen molar-refractivity contribution in [2.45, 2.75) is 26.2 Å². The van der Waals surface area contributed by atoms with Crippen molar-refractivity contribution in [3.63, 3.8) is 0 Å². The first-order valence-corrected chi connectivity index (χ1v) is 7.61. The van der Waals surface area contributed by atoms with Gasteiger partial charge in [-0.1, -0.05) is 37.3 Å². The highest BCUT2D eigenvalue weighted by atomic mass is 16.6. The normalized spacial score (nSPS) is 11.7. The molecule has 0 heterocycles. The van der Waals surface area contributed by atoms with Gasteiger partial charge in [-0.2, -0.15) is 0 Å². The Balaban J connectivity index is 2.19. The zero-order valence-corrected chi connectivity index (χ0v) is 13.3. The summed E-state index contributed by atoms with van der Waals surface area (Å²) in [5.41, 5.74) is 1.91. The summed E-state index contributed by atoms with van der Waals surface area (Å²) in [7, 11) is 0. The van der Waals surface area contributed by atoms with E-state index in [-0.39, 0.29) is 17.4 Å². The highest BCUT2D eigenvalue weighted by molar-refractivity contribution is 5.95. The highest BCUT2D eigenvalue weighted by Gasteiger charge is 2.17. The Morgan fingerprint density at radius 2 is 1.91 bits per heavy atom. The molecule has 1 unspecified atom stereocenters. The van der Waals surface area contributed by atoms with E-state index in [1.807, 2.05) is 18.2 Å². The average Bonchev–Trinajstić information content (AvgIpc) is 2.56. The number of anilines is 1. The first kappa shape index (κ1) is 16.7. The van der Waals surface area contributed by atoms with Crippen LogP contribution in [-0.4, -0.2) is 17.3 Å². The summed E-state index contributed by atoms with van der Waals surface area (Å²) >= 11 is 0. The fourth-order valence-electron chi connectivity index (χ4n) is 2.51. The monoisotopic (exact) mass is 312 g/mol. The zero-order valence-electron chi connectivity index (χ0n) is 13.3. The Bertz CT molecular complexity index is 699. The lowest BCUT2D eigenvalue weighted by Gasteiger charge is -2.17. The molecule has 0 bridgehead atoms. The molecule has 0 saturated heterocycles. The minimum absolute atomic E-state index is 0.0689. The standard InChI is InChI=1S/C18H20N2O3/c1-3-14(15-7-5-4-6-8-15)12-19-17-10-9-16(13(2)21)11-18(17)20(22)23/h4-11,14,19H,3,12H2,1-2H3. The summed E-state index contributed by atoms with van der Waals surface area (Å²) in [6, 6.07) is 14.6. The number of benzene rings is 2. The maximum absolute atomic E-state index is 11.4. The first-order chi connectivity index (χ1) is 11.0. The lowest BCUT2D eigenvalue weighted by Crippen LogP contribution is -2.13. The van der Waals surface area contributed by atoms with Gasteiger partial charge in [0.25, 0.3) is 5.69 Å². The summed E-state index contributed by atoms with van der Waals surface area (Å²) in [6.07, 6.45) is 0.927. The number of nitro groups is 1. The largest absolute Gasteiger partial charge is 0.379 e. The molecule has 2 rings (SSSR count). The van der Waals surface area contributed by atoms with E-state index in [0.29, 0.717) is 17.8 Å². The Kier molecular flexibility index (Phi) is 5.46. The van der Waals surface area contributed by atoms with Gasteiger partial charge >= 0.3 is 0 Å². The molecule has 5 nitrogen and oxygen atoms in total. The average molecular weight is 312 g/mol. The molecule has 0 aliphatic carbocycles. The molecule has 5 heteroatoms. The van der Waals surface area contributed by atoms with E-state index >= 15 is 0 Å². The lowest BCUT2D eigenvalue weighted by atomic mass is 9.96. The fourth-order valence-corrected chi connectivity index (χ4v) is 2.51. The summed E-state index contributed by atoms with van der Waals surface area (Å²) in [5, 5.41) is 14.4. The predicted molar refractivity (Wildman–Crippen MR) is 91.1 cm³/mol. The number of hydrogen-bond donors (Lipinski definition) is 1. The topological polar surface area (TPSA) is 72.2 Å². The summed E-state index contributed by atoms with van der Waals surface area (Å²) in [5.74, 6) is 0.0821. The van der Waals surface area contributed by atoms with Gasteiger partial charge in [-0.05, 0) is 31.0 Å². The van der Waals surface area contributed by atoms with Gasteiger partial charge in [0.2, 0.25) is 0 Å². The molecule has 1 atom stereocenters. The van der Waals surface area contributed by atoms with Gasteiger partial charge in [-0.3, -0.25) is 14.9 Å². The van der Waals surface area contributed by atoms with E-state index in [1.165, 1.54) is 18.6 Å². The SMILES string of the molecule is CCC(CNc1ccc(C(C)=O)cc1[N+](=O)[O-])c1ccccc1. The van der Waals surface area contributed by atoms with Crippen molar-refractivity contribution in [2.75, 3.05) is 11.9 Å². The maximum atomic E-state index is 11.4. The third-order valence-electron chi connectivity index (χ3n) is 3.90. The molecule has 0 saturated carbocycles. The van der Waals surface area contributed by atoms with Crippen LogP contribution in [0.15, 0.2) is 48.5 Å². The second-order valence-corrected chi connectivity index (χ2v) is 5.44. The third kappa shape index (κ3) is 4.16. The van der Waals surface area contributed by atoms with Crippen LogP contribution in [0.3, 0.4) is 0 Å². The zero-order chi connectivity index (χ0) is 16.8. The van der Waals surface area contributed by atoms with Gasteiger partial charge in [0.15, 0.2) is 5.78 Å². The third-order valence-corrected chi connectivity index (χ3v) is 3.90. The summed E-state index contributed by atoms with van der Waals surface area (Å²) in [6.45, 7) is 4.09. The van der Waals surface area contributed by atoms with Crippen molar-refractivity contribution in [3.05, 3.63) is 69.8 Å². The number of nitrogens with one attached hydrogen (secondary N) is 1. The van der Waals surface area contributed by atoms with Crippen LogP contribution in [-0.2, 0) is 0 Å². The van der Waals surface area contributed by atoms with Crippen molar-refractivity contribution in [2.24, 2.45) is 0 Å². The fraction of sp³-hybridized carbons (Fsp3) is 0.278. The van der Waals surface area contributed by atoms with Crippen molar-refractivity contribution < 1.29 is 9.72 Å². The molecule has 2 aromatic carbocycles. The van der Waals surface area contributed by atoms with Crippen molar-refractivity contribution in [1.29, 1.82) is 0 Å². The van der Waals surface area contributed by atoms with Crippen LogP contribution in [0.1, 0.15) is 42.1 Å². The van der Waals surface area contributed by atoms with E-state index in [9.17, 15) is 14.9 Å². The molecule has 0 radical (unpaired) electrons. The molecule has 0 aromatic heterocycles. The maximum Gasteiger partial charge on any atom is 0.293 e. The number of rotatable bonds is 7. The van der Waals surface area contributed by atoms with E-state index in [1.54, 1.807) is 12.1 Å². The molecule has 0 aliphatic rings. The predicted octanol–water partition coefficient (Wildman–Crippen LogP) is 4.40. The van der Waals surface area contributed by atoms with E-state index in [4.69, 9.17) is 0 Å². The van der Waals surface area contributed by atoms with E-state index in [0.717, 1.165) is 6.42 Å². The van der Waals surface area contributed by atoms with Crippen molar-refractivity contribution in [3.8, 4) is 0 Å². The second kappa shape index (κ2) is 7.54. The van der Waals surface area contributed by atoms with Crippen LogP contribution in [0.2, 0.25) is 0 Å². The van der Waals surface area contributed by atoms with E-state index in [2.05, 4.69) is 24.4 Å². The van der Waals surface area contributed by atoms with E-state index < -0.39 is 4.92 Å². The molecule has 2 aromatic rings. The van der Waals surface area contributed by atoms with Crippen LogP contribution >= 0.6 is 0 Å². The molecule has 0 spiro atoms. The Morgan fingerprint density at radius 3 is 2.48 bits per heavy atom. The molecule has 0 amide bonds. The van der Waals surface area contributed by atoms with Crippen LogP contribution < -0.4 is 5.32 Å². The molecule has 120 valence electrons. The molecular weight excluding hydrogens is 292 g/mol. The van der Waals surface area contributed by atoms with Gasteiger partial charge in [0, 0.05) is 24.1 Å². The number of hydrogen-bond acceptors (Lipinski definition) is 4. The van der Waals surface area contributed by atoms with Gasteiger partial charge in [-0.25, -0.2) is 0 Å². The molecule has 23 heavy (non-hydrogen) atoms. The number of nitro benzene ring substituents is 1. The number of nitrogens with zero attached hydrogens (tertiary/aromatic N) is 1. The summed E-state index contributed by atoms with van der Waals surface area (Å²) < 4.78 is 0. The second-order valence-electron chi connectivity index (χ2n) is 5.44. The quantitative estimate of drug-likeness (QED) is 0.467. The molecule has 0 fully saturated rings. The smallest absolute Gasteiger partial charge is 0.293 e. The number of Topliss-reactive ketones (excluding diaryl/α,β-unsaturated/α-hetero) is 1. The van der Waals surface area contributed by atoms with Crippen LogP contribution in [0.25, 0.3) is 0 Å². The Labute approximate surface area is 135 Å². The first-order valence-electron chi connectivity index (χ1n) is 7.61.